The summed E-state index contributed by atoms with van der Waals surface area (Å²) in [6, 6.07) is 3.12. The number of nitrogens with zero attached hydrogens (tertiary/aromatic N) is 4. The second-order valence-corrected chi connectivity index (χ2v) is 12.0. The predicted molar refractivity (Wildman–Crippen MR) is 161 cm³/mol. The molecule has 2 amide bonds. The lowest BCUT2D eigenvalue weighted by Crippen LogP contribution is -2.49. The van der Waals surface area contributed by atoms with E-state index in [4.69, 9.17) is 15.2 Å². The summed E-state index contributed by atoms with van der Waals surface area (Å²) in [6.07, 6.45) is 3.95. The summed E-state index contributed by atoms with van der Waals surface area (Å²) in [6.45, 7) is 7.70. The smallest absolute Gasteiger partial charge is 0.407 e. The molecule has 1 fully saturated rings. The zero-order valence-electron chi connectivity index (χ0n) is 25.4. The van der Waals surface area contributed by atoms with E-state index >= 15 is 0 Å². The fourth-order valence-corrected chi connectivity index (χ4v) is 5.64. The van der Waals surface area contributed by atoms with Crippen LogP contribution in [0.2, 0.25) is 0 Å². The van der Waals surface area contributed by atoms with Gasteiger partial charge in [0.25, 0.3) is 5.91 Å². The van der Waals surface area contributed by atoms with Gasteiger partial charge in [0.1, 0.15) is 23.3 Å². The van der Waals surface area contributed by atoms with Crippen LogP contribution < -0.4 is 21.3 Å². The number of piperidine rings is 1. The third-order valence-electron chi connectivity index (χ3n) is 7.39. The lowest BCUT2D eigenvalue weighted by atomic mass is 10.0. The van der Waals surface area contributed by atoms with E-state index in [0.717, 1.165) is 30.3 Å². The molecular formula is C31H35F2N7O5. The second kappa shape index (κ2) is 12.6. The van der Waals surface area contributed by atoms with Crippen LogP contribution in [0.25, 0.3) is 11.3 Å². The molecule has 238 valence electrons. The number of nitrogen functional groups attached to an aromatic ring is 1. The number of alkyl carbamates (subject to hydrolysis) is 1. The zero-order chi connectivity index (χ0) is 32.5. The molecule has 3 heterocycles. The standard InChI is InChI=1S/C31H35F2N7O5/c1-16(41)44-23-11-10-18-25(23)35-14-22(27(18)40-12-6-7-17(15-40)37-30(43)45-31(2,3)4)39-29(42)26-28(34)36-13-21(38-26)24-19(32)8-5-9-20(24)33/h5,8-9,13-14,17,23H,6-7,10-12,15H2,1-4H3,(H2,34,36)(H,37,43)(H,39,42). The number of ether oxygens (including phenoxy) is 2. The van der Waals surface area contributed by atoms with Crippen molar-refractivity contribution in [3.05, 3.63) is 59.2 Å². The number of nitrogens with one attached hydrogen (secondary N) is 2. The Morgan fingerprint density at radius 1 is 1.09 bits per heavy atom. The summed E-state index contributed by atoms with van der Waals surface area (Å²) in [7, 11) is 0. The molecule has 1 aliphatic carbocycles. The molecule has 5 rings (SSSR count). The number of nitrogens with two attached hydrogens (primary N) is 1. The van der Waals surface area contributed by atoms with E-state index in [2.05, 4.69) is 25.6 Å². The van der Waals surface area contributed by atoms with Crippen molar-refractivity contribution in [2.24, 2.45) is 0 Å². The topological polar surface area (TPSA) is 162 Å². The van der Waals surface area contributed by atoms with Crippen LogP contribution in [0.15, 0.2) is 30.6 Å². The van der Waals surface area contributed by atoms with E-state index in [1.165, 1.54) is 19.2 Å². The summed E-state index contributed by atoms with van der Waals surface area (Å²) in [5, 5.41) is 5.74. The Kier molecular flexibility index (Phi) is 8.84. The Morgan fingerprint density at radius 3 is 2.51 bits per heavy atom. The number of benzene rings is 1. The number of halogens is 2. The highest BCUT2D eigenvalue weighted by molar-refractivity contribution is 6.07. The molecule has 2 aromatic heterocycles. The van der Waals surface area contributed by atoms with Gasteiger partial charge in [-0.25, -0.2) is 23.5 Å². The Labute approximate surface area is 258 Å². The lowest BCUT2D eigenvalue weighted by molar-refractivity contribution is -0.146. The van der Waals surface area contributed by atoms with Crippen molar-refractivity contribution in [2.75, 3.05) is 29.0 Å². The van der Waals surface area contributed by atoms with Crippen molar-refractivity contribution in [3.63, 3.8) is 0 Å². The molecule has 14 heteroatoms. The largest absolute Gasteiger partial charge is 0.456 e. The number of anilines is 3. The summed E-state index contributed by atoms with van der Waals surface area (Å²) in [4.78, 5) is 52.6. The first-order valence-electron chi connectivity index (χ1n) is 14.6. The average Bonchev–Trinajstić information content (AvgIpc) is 3.34. The number of carbonyl (C=O) groups is 3. The van der Waals surface area contributed by atoms with Gasteiger partial charge in [0, 0.05) is 31.6 Å². The average molecular weight is 624 g/mol. The van der Waals surface area contributed by atoms with Gasteiger partial charge in [-0.05, 0) is 58.6 Å². The van der Waals surface area contributed by atoms with Gasteiger partial charge in [0.2, 0.25) is 0 Å². The van der Waals surface area contributed by atoms with Crippen LogP contribution in [-0.4, -0.2) is 57.7 Å². The zero-order valence-corrected chi connectivity index (χ0v) is 25.4. The van der Waals surface area contributed by atoms with Gasteiger partial charge < -0.3 is 30.7 Å². The maximum Gasteiger partial charge on any atom is 0.407 e. The number of amides is 2. The fourth-order valence-electron chi connectivity index (χ4n) is 5.64. The van der Waals surface area contributed by atoms with Gasteiger partial charge in [-0.15, -0.1) is 0 Å². The van der Waals surface area contributed by atoms with E-state index in [-0.39, 0.29) is 23.2 Å². The van der Waals surface area contributed by atoms with Crippen molar-refractivity contribution in [1.29, 1.82) is 0 Å². The fraction of sp³-hybridized carbons (Fsp3) is 0.419. The van der Waals surface area contributed by atoms with Crippen molar-refractivity contribution in [1.82, 2.24) is 20.3 Å². The quantitative estimate of drug-likeness (QED) is 0.328. The number of hydrogen-bond acceptors (Lipinski definition) is 10. The van der Waals surface area contributed by atoms with Crippen LogP contribution in [0.3, 0.4) is 0 Å². The van der Waals surface area contributed by atoms with Crippen LogP contribution in [0, 0.1) is 11.6 Å². The van der Waals surface area contributed by atoms with Crippen LogP contribution in [-0.2, 0) is 20.7 Å². The third-order valence-corrected chi connectivity index (χ3v) is 7.39. The molecule has 0 radical (unpaired) electrons. The van der Waals surface area contributed by atoms with Crippen molar-refractivity contribution in [2.45, 2.75) is 71.1 Å². The number of aromatic nitrogens is 3. The van der Waals surface area contributed by atoms with Gasteiger partial charge in [0.15, 0.2) is 11.5 Å². The number of hydrogen-bond donors (Lipinski definition) is 3. The minimum absolute atomic E-state index is 0.200. The molecule has 4 N–H and O–H groups in total. The van der Waals surface area contributed by atoms with Gasteiger partial charge in [-0.1, -0.05) is 6.07 Å². The Morgan fingerprint density at radius 2 is 1.82 bits per heavy atom. The van der Waals surface area contributed by atoms with E-state index in [9.17, 15) is 23.2 Å². The monoisotopic (exact) mass is 623 g/mol. The number of fused-ring (bicyclic) bond motifs is 1. The Balaban J connectivity index is 1.48. The highest BCUT2D eigenvalue weighted by Gasteiger charge is 2.34. The molecule has 1 aromatic carbocycles. The summed E-state index contributed by atoms with van der Waals surface area (Å²) < 4.78 is 39.9. The molecule has 45 heavy (non-hydrogen) atoms. The molecule has 1 saturated heterocycles. The number of pyridine rings is 1. The number of rotatable bonds is 6. The van der Waals surface area contributed by atoms with Crippen molar-refractivity contribution in [3.8, 4) is 11.3 Å². The van der Waals surface area contributed by atoms with E-state index in [1.54, 1.807) is 20.8 Å². The first-order valence-corrected chi connectivity index (χ1v) is 14.6. The Bertz CT molecular complexity index is 1620. The van der Waals surface area contributed by atoms with E-state index in [1.807, 2.05) is 4.90 Å². The Hall–Kier alpha value is -4.88. The van der Waals surface area contributed by atoms with Crippen molar-refractivity contribution >= 4 is 35.2 Å². The minimum Gasteiger partial charge on any atom is -0.456 e. The number of carbonyl (C=O) groups excluding carboxylic acids is 3. The molecular weight excluding hydrogens is 588 g/mol. The van der Waals surface area contributed by atoms with Crippen LogP contribution in [0.1, 0.15) is 74.8 Å². The molecule has 2 aliphatic rings. The van der Waals surface area contributed by atoms with E-state index < -0.39 is 46.9 Å². The predicted octanol–water partition coefficient (Wildman–Crippen LogP) is 4.70. The lowest BCUT2D eigenvalue weighted by Gasteiger charge is -2.37. The maximum atomic E-state index is 14.5. The first kappa shape index (κ1) is 31.5. The summed E-state index contributed by atoms with van der Waals surface area (Å²) in [5.41, 5.74) is 6.71. The molecule has 12 nitrogen and oxygen atoms in total. The first-order chi connectivity index (χ1) is 21.3. The van der Waals surface area contributed by atoms with Crippen LogP contribution in [0.5, 0.6) is 0 Å². The molecule has 0 saturated carbocycles. The molecule has 2 unspecified atom stereocenters. The minimum atomic E-state index is -0.868. The summed E-state index contributed by atoms with van der Waals surface area (Å²) >= 11 is 0. The summed E-state index contributed by atoms with van der Waals surface area (Å²) in [5.74, 6) is -3.18. The molecule has 2 atom stereocenters. The maximum absolute atomic E-state index is 14.5. The third kappa shape index (κ3) is 7.10. The molecule has 3 aromatic rings. The highest BCUT2D eigenvalue weighted by Crippen LogP contribution is 2.43. The molecule has 1 aliphatic heterocycles. The van der Waals surface area contributed by atoms with Gasteiger partial charge in [-0.3, -0.25) is 14.6 Å². The SMILES string of the molecule is CC(=O)OC1CCc2c1ncc(NC(=O)c1nc(-c3c(F)cccc3F)cnc1N)c2N1CCCC(NC(=O)OC(C)(C)C)C1. The second-order valence-electron chi connectivity index (χ2n) is 12.0. The highest BCUT2D eigenvalue weighted by atomic mass is 19.1. The van der Waals surface area contributed by atoms with Crippen molar-refractivity contribution < 1.29 is 32.6 Å². The molecule has 0 spiro atoms. The molecule has 0 bridgehead atoms. The van der Waals surface area contributed by atoms with Crippen LogP contribution >= 0.6 is 0 Å². The number of esters is 1. The van der Waals surface area contributed by atoms with Gasteiger partial charge in [-0.2, -0.15) is 0 Å². The van der Waals surface area contributed by atoms with E-state index in [0.29, 0.717) is 49.4 Å². The van der Waals surface area contributed by atoms with Gasteiger partial charge in [0.05, 0.1) is 40.7 Å². The normalized spacial score (nSPS) is 17.8. The van der Waals surface area contributed by atoms with Crippen LogP contribution in [0.4, 0.5) is 30.8 Å². The van der Waals surface area contributed by atoms with Gasteiger partial charge >= 0.3 is 12.1 Å².